The zero-order chi connectivity index (χ0) is 26.7. The Morgan fingerprint density at radius 2 is 1.92 bits per heavy atom. The number of rotatable bonds is 8. The maximum Gasteiger partial charge on any atom is 0.276 e. The Balaban J connectivity index is 1.41. The van der Waals surface area contributed by atoms with Gasteiger partial charge in [0.05, 0.1) is 18.8 Å². The molecular formula is C27H33FN4O5. The standard InChI is InChI=1S/C27H33FN4O5/c1-4-24(33)30-25(34)27(36)32-15-21-20(26(32)35)6-5-7-23(21)29-11-19-9-8-18(10-22(19)28)14-31-12-16(2)37-17(3)13-31/h5-10,16-17,27,29,36H,4,11-15H2,1-3H3,(H,30,33,34). The van der Waals surface area contributed by atoms with Crippen molar-refractivity contribution < 1.29 is 28.6 Å². The van der Waals surface area contributed by atoms with Crippen molar-refractivity contribution in [2.75, 3.05) is 18.4 Å². The van der Waals surface area contributed by atoms with E-state index in [1.54, 1.807) is 37.3 Å². The van der Waals surface area contributed by atoms with Crippen molar-refractivity contribution in [2.45, 2.75) is 65.3 Å². The molecule has 3 amide bonds. The van der Waals surface area contributed by atoms with Crippen molar-refractivity contribution in [2.24, 2.45) is 0 Å². The summed E-state index contributed by atoms with van der Waals surface area (Å²) in [6.45, 7) is 8.06. The number of carbonyl (C=O) groups is 3. The van der Waals surface area contributed by atoms with Gasteiger partial charge in [0.15, 0.2) is 0 Å². The van der Waals surface area contributed by atoms with Crippen molar-refractivity contribution >= 4 is 23.4 Å². The number of amides is 3. The van der Waals surface area contributed by atoms with Crippen LogP contribution >= 0.6 is 0 Å². The fourth-order valence-corrected chi connectivity index (χ4v) is 4.84. The van der Waals surface area contributed by atoms with Crippen LogP contribution in [0.2, 0.25) is 0 Å². The second-order valence-electron chi connectivity index (χ2n) is 9.64. The highest BCUT2D eigenvalue weighted by Crippen LogP contribution is 2.31. The molecule has 198 valence electrons. The Labute approximate surface area is 215 Å². The molecule has 2 aliphatic rings. The summed E-state index contributed by atoms with van der Waals surface area (Å²) in [5.41, 5.74) is 2.89. The van der Waals surface area contributed by atoms with E-state index in [1.807, 2.05) is 19.9 Å². The molecule has 0 bridgehead atoms. The first kappa shape index (κ1) is 26.7. The third kappa shape index (κ3) is 6.15. The van der Waals surface area contributed by atoms with Crippen LogP contribution in [0.25, 0.3) is 0 Å². The molecule has 3 N–H and O–H groups in total. The molecule has 0 saturated carbocycles. The fraction of sp³-hybridized carbons (Fsp3) is 0.444. The van der Waals surface area contributed by atoms with Gasteiger partial charge < -0.3 is 20.1 Å². The number of imide groups is 1. The van der Waals surface area contributed by atoms with Crippen LogP contribution in [0.15, 0.2) is 36.4 Å². The number of benzene rings is 2. The summed E-state index contributed by atoms with van der Waals surface area (Å²) >= 11 is 0. The van der Waals surface area contributed by atoms with Crippen LogP contribution in [0.3, 0.4) is 0 Å². The van der Waals surface area contributed by atoms with Gasteiger partial charge in [0, 0.05) is 55.0 Å². The smallest absolute Gasteiger partial charge is 0.276 e. The molecule has 2 aromatic rings. The van der Waals surface area contributed by atoms with E-state index in [2.05, 4.69) is 15.5 Å². The van der Waals surface area contributed by atoms with Crippen molar-refractivity contribution in [1.82, 2.24) is 15.1 Å². The Morgan fingerprint density at radius 3 is 2.59 bits per heavy atom. The maximum atomic E-state index is 14.9. The first-order valence-electron chi connectivity index (χ1n) is 12.5. The Hall–Kier alpha value is -3.34. The van der Waals surface area contributed by atoms with Gasteiger partial charge in [0.2, 0.25) is 12.1 Å². The fourth-order valence-electron chi connectivity index (χ4n) is 4.84. The predicted molar refractivity (Wildman–Crippen MR) is 135 cm³/mol. The first-order chi connectivity index (χ1) is 17.7. The Kier molecular flexibility index (Phi) is 8.21. The molecule has 2 heterocycles. The number of aliphatic hydroxyl groups excluding tert-OH is 1. The second-order valence-corrected chi connectivity index (χ2v) is 9.64. The van der Waals surface area contributed by atoms with Crippen molar-refractivity contribution in [3.05, 3.63) is 64.5 Å². The average Bonchev–Trinajstić information content (AvgIpc) is 3.19. The van der Waals surface area contributed by atoms with E-state index >= 15 is 0 Å². The number of ether oxygens (including phenoxy) is 1. The zero-order valence-corrected chi connectivity index (χ0v) is 21.3. The van der Waals surface area contributed by atoms with E-state index in [9.17, 15) is 23.9 Å². The third-order valence-electron chi connectivity index (χ3n) is 6.60. The minimum atomic E-state index is -1.80. The van der Waals surface area contributed by atoms with Crippen LogP contribution in [-0.4, -0.2) is 64.2 Å². The van der Waals surface area contributed by atoms with Crippen LogP contribution in [0, 0.1) is 5.82 Å². The van der Waals surface area contributed by atoms with E-state index in [1.165, 1.54) is 0 Å². The number of hydrogen-bond donors (Lipinski definition) is 3. The van der Waals surface area contributed by atoms with E-state index in [0.717, 1.165) is 23.6 Å². The molecule has 10 heteroatoms. The van der Waals surface area contributed by atoms with Gasteiger partial charge in [-0.15, -0.1) is 0 Å². The lowest BCUT2D eigenvalue weighted by Crippen LogP contribution is -2.48. The summed E-state index contributed by atoms with van der Waals surface area (Å²) in [5, 5.41) is 15.6. The zero-order valence-electron chi connectivity index (χ0n) is 21.3. The monoisotopic (exact) mass is 512 g/mol. The summed E-state index contributed by atoms with van der Waals surface area (Å²) in [6.07, 6.45) is -1.45. The molecule has 0 radical (unpaired) electrons. The second kappa shape index (κ2) is 11.4. The van der Waals surface area contributed by atoms with Gasteiger partial charge >= 0.3 is 0 Å². The molecule has 4 rings (SSSR count). The van der Waals surface area contributed by atoms with E-state index in [4.69, 9.17) is 4.74 Å². The lowest BCUT2D eigenvalue weighted by molar-refractivity contribution is -0.141. The van der Waals surface area contributed by atoms with Gasteiger partial charge in [-0.1, -0.05) is 25.1 Å². The van der Waals surface area contributed by atoms with Crippen LogP contribution in [0.5, 0.6) is 0 Å². The summed E-state index contributed by atoms with van der Waals surface area (Å²) in [7, 11) is 0. The van der Waals surface area contributed by atoms with Gasteiger partial charge in [0.25, 0.3) is 11.8 Å². The van der Waals surface area contributed by atoms with Crippen LogP contribution in [0.1, 0.15) is 54.2 Å². The van der Waals surface area contributed by atoms with Crippen LogP contribution in [0.4, 0.5) is 10.1 Å². The molecule has 1 saturated heterocycles. The molecule has 3 atom stereocenters. The number of carbonyl (C=O) groups excluding carboxylic acids is 3. The van der Waals surface area contributed by atoms with Crippen molar-refractivity contribution in [1.29, 1.82) is 0 Å². The highest BCUT2D eigenvalue weighted by Gasteiger charge is 2.37. The number of fused-ring (bicyclic) bond motifs is 1. The largest absolute Gasteiger partial charge is 0.381 e. The minimum absolute atomic E-state index is 0.0238. The van der Waals surface area contributed by atoms with E-state index in [0.29, 0.717) is 28.9 Å². The number of anilines is 1. The molecule has 9 nitrogen and oxygen atoms in total. The van der Waals surface area contributed by atoms with Gasteiger partial charge in [-0.25, -0.2) is 4.39 Å². The minimum Gasteiger partial charge on any atom is -0.381 e. The normalized spacial score (nSPS) is 20.5. The molecule has 0 aliphatic carbocycles. The molecule has 0 aromatic heterocycles. The molecule has 1 fully saturated rings. The first-order valence-corrected chi connectivity index (χ1v) is 12.5. The number of nitrogens with zero attached hydrogens (tertiary/aromatic N) is 2. The molecule has 2 aliphatic heterocycles. The molecule has 37 heavy (non-hydrogen) atoms. The topological polar surface area (TPSA) is 111 Å². The summed E-state index contributed by atoms with van der Waals surface area (Å²) in [5.74, 6) is -2.34. The van der Waals surface area contributed by atoms with Gasteiger partial charge in [-0.3, -0.25) is 24.6 Å². The highest BCUT2D eigenvalue weighted by atomic mass is 19.1. The maximum absolute atomic E-state index is 14.9. The number of nitrogens with one attached hydrogen (secondary N) is 2. The van der Waals surface area contributed by atoms with Gasteiger partial charge in [-0.05, 0) is 37.6 Å². The summed E-state index contributed by atoms with van der Waals surface area (Å²) in [4.78, 5) is 39.7. The summed E-state index contributed by atoms with van der Waals surface area (Å²) in [6, 6.07) is 10.3. The van der Waals surface area contributed by atoms with Crippen molar-refractivity contribution in [3.8, 4) is 0 Å². The quantitative estimate of drug-likeness (QED) is 0.498. The number of morpholine rings is 1. The molecule has 3 unspecified atom stereocenters. The Morgan fingerprint density at radius 1 is 1.19 bits per heavy atom. The average molecular weight is 513 g/mol. The highest BCUT2D eigenvalue weighted by molar-refractivity contribution is 6.04. The molecular weight excluding hydrogens is 479 g/mol. The lowest BCUT2D eigenvalue weighted by Gasteiger charge is -2.35. The molecule has 2 aromatic carbocycles. The van der Waals surface area contributed by atoms with Crippen LogP contribution in [-0.2, 0) is 34.0 Å². The third-order valence-corrected chi connectivity index (χ3v) is 6.60. The van der Waals surface area contributed by atoms with E-state index in [-0.39, 0.29) is 37.5 Å². The molecule has 0 spiro atoms. The van der Waals surface area contributed by atoms with Gasteiger partial charge in [-0.2, -0.15) is 0 Å². The predicted octanol–water partition coefficient (Wildman–Crippen LogP) is 2.37. The summed E-state index contributed by atoms with van der Waals surface area (Å²) < 4.78 is 20.7. The number of hydrogen-bond acceptors (Lipinski definition) is 7. The Bertz CT molecular complexity index is 1180. The SMILES string of the molecule is CCC(=O)NC(=O)C(O)N1Cc2c(NCc3ccc(CN4CC(C)OC(C)C4)cc3F)cccc2C1=O. The number of halogens is 1. The van der Waals surface area contributed by atoms with E-state index < -0.39 is 23.9 Å². The number of aliphatic hydroxyl groups is 1. The lowest BCUT2D eigenvalue weighted by atomic mass is 10.1. The van der Waals surface area contributed by atoms with Crippen molar-refractivity contribution in [3.63, 3.8) is 0 Å². The van der Waals surface area contributed by atoms with Gasteiger partial charge in [0.1, 0.15) is 5.82 Å². The van der Waals surface area contributed by atoms with Crippen LogP contribution < -0.4 is 10.6 Å².